The molecule has 0 N–H and O–H groups in total. The van der Waals surface area contributed by atoms with E-state index in [1.807, 2.05) is 0 Å². The smallest absolute Gasteiger partial charge is 0.860 e. The van der Waals surface area contributed by atoms with E-state index in [1.54, 1.807) is 0 Å². The van der Waals surface area contributed by atoms with E-state index in [1.165, 1.54) is 0 Å². The van der Waals surface area contributed by atoms with Crippen LogP contribution in [-0.4, -0.2) is 7.32 Å². The monoisotopic (exact) mass is 250 g/mol. The van der Waals surface area contributed by atoms with Crippen LogP contribution in [0.4, 0.5) is 13.2 Å². The van der Waals surface area contributed by atoms with Crippen LogP contribution < -0.4 is 73.8 Å². The Kier molecular flexibility index (Phi) is 9.57. The van der Waals surface area contributed by atoms with Crippen LogP contribution in [0.25, 0.3) is 0 Å². The molecule has 0 spiro atoms. The molecule has 0 saturated heterocycles. The maximum absolute atomic E-state index is 12.0. The van der Waals surface area contributed by atoms with Gasteiger partial charge in [0.25, 0.3) is 0 Å². The van der Waals surface area contributed by atoms with Crippen LogP contribution in [0.3, 0.4) is 0 Å². The molecule has 76 valence electrons. The summed E-state index contributed by atoms with van der Waals surface area (Å²) >= 11 is 0. The van der Waals surface area contributed by atoms with Gasteiger partial charge in [0.05, 0.1) is 11.3 Å². The first-order chi connectivity index (χ1) is 6.39. The number of alkyl halides is 3. The van der Waals surface area contributed by atoms with E-state index in [0.29, 0.717) is 0 Å². The minimum atomic E-state index is -4.44. The van der Waals surface area contributed by atoms with Gasteiger partial charge in [0.1, 0.15) is 7.32 Å². The van der Waals surface area contributed by atoms with Crippen LogP contribution in [-0.2, 0) is 6.18 Å². The summed E-state index contributed by atoms with van der Waals surface area (Å²) in [7, 11) is -2.54. The van der Waals surface area contributed by atoms with Gasteiger partial charge in [0.2, 0.25) is 0 Å². The van der Waals surface area contributed by atoms with E-state index >= 15 is 0 Å². The van der Waals surface area contributed by atoms with Gasteiger partial charge in [-0.25, -0.2) is 0 Å². The first kappa shape index (κ1) is 19.1. The van der Waals surface area contributed by atoms with Crippen molar-refractivity contribution in [2.75, 3.05) is 0 Å². The van der Waals surface area contributed by atoms with E-state index in [9.17, 15) is 23.2 Å². The molecule has 9 heteroatoms. The van der Waals surface area contributed by atoms with Crippen molar-refractivity contribution in [2.45, 2.75) is 6.18 Å². The Balaban J connectivity index is 0. The SMILES string of the molecule is [Na+].[Na+].[O-]B([O-])Oc1ccc(C(F)(F)F)cc1. The van der Waals surface area contributed by atoms with Crippen molar-refractivity contribution in [1.29, 1.82) is 0 Å². The quantitative estimate of drug-likeness (QED) is 0.491. The van der Waals surface area contributed by atoms with Crippen LogP contribution >= 0.6 is 0 Å². The van der Waals surface area contributed by atoms with Crippen molar-refractivity contribution >= 4 is 7.32 Å². The predicted molar refractivity (Wildman–Crippen MR) is 37.8 cm³/mol. The van der Waals surface area contributed by atoms with Gasteiger partial charge in [0, 0.05) is 0 Å². The zero-order valence-electron chi connectivity index (χ0n) is 8.75. The second-order valence-electron chi connectivity index (χ2n) is 2.43. The molecule has 16 heavy (non-hydrogen) atoms. The van der Waals surface area contributed by atoms with Gasteiger partial charge in [-0.1, -0.05) is 0 Å². The third-order valence-corrected chi connectivity index (χ3v) is 1.41. The second-order valence-corrected chi connectivity index (χ2v) is 2.43. The maximum Gasteiger partial charge on any atom is 1.00 e. The summed E-state index contributed by atoms with van der Waals surface area (Å²) in [5.41, 5.74) is -0.863. The first-order valence-corrected chi connectivity index (χ1v) is 3.55. The second kappa shape index (κ2) is 8.00. The van der Waals surface area contributed by atoms with Crippen LogP contribution in [0, 0.1) is 0 Å². The Labute approximate surface area is 135 Å². The summed E-state index contributed by atoms with van der Waals surface area (Å²) in [4.78, 5) is 0. The molecular formula is C7H4BF3Na2O3. The molecule has 3 nitrogen and oxygen atoms in total. The van der Waals surface area contributed by atoms with Crippen molar-refractivity contribution in [2.24, 2.45) is 0 Å². The average Bonchev–Trinajstić information content (AvgIpc) is 2.02. The van der Waals surface area contributed by atoms with Gasteiger partial charge in [-0.2, -0.15) is 13.2 Å². The van der Waals surface area contributed by atoms with Crippen molar-refractivity contribution in [3.63, 3.8) is 0 Å². The van der Waals surface area contributed by atoms with Crippen molar-refractivity contribution in [1.82, 2.24) is 0 Å². The average molecular weight is 250 g/mol. The van der Waals surface area contributed by atoms with E-state index in [0.717, 1.165) is 24.3 Å². The van der Waals surface area contributed by atoms with E-state index in [4.69, 9.17) is 0 Å². The zero-order valence-corrected chi connectivity index (χ0v) is 12.7. The van der Waals surface area contributed by atoms with Gasteiger partial charge in [-0.3, -0.25) is 0 Å². The Bertz CT molecular complexity index is 305. The fourth-order valence-electron chi connectivity index (χ4n) is 0.834. The molecule has 0 radical (unpaired) electrons. The first-order valence-electron chi connectivity index (χ1n) is 3.55. The van der Waals surface area contributed by atoms with Crippen LogP contribution in [0.15, 0.2) is 24.3 Å². The molecule has 0 unspecified atom stereocenters. The molecule has 0 heterocycles. The summed E-state index contributed by atoms with van der Waals surface area (Å²) in [5, 5.41) is 20.0. The summed E-state index contributed by atoms with van der Waals surface area (Å²) in [6.45, 7) is 0. The molecule has 1 aromatic rings. The third-order valence-electron chi connectivity index (χ3n) is 1.41. The Morgan fingerprint density at radius 1 is 1.00 bits per heavy atom. The van der Waals surface area contributed by atoms with E-state index in [2.05, 4.69) is 4.65 Å². The maximum atomic E-state index is 12.0. The number of halogens is 3. The van der Waals surface area contributed by atoms with Gasteiger partial charge in [-0.05, 0) is 24.3 Å². The third kappa shape index (κ3) is 6.51. The normalized spacial score (nSPS) is 9.81. The summed E-state index contributed by atoms with van der Waals surface area (Å²) < 4.78 is 40.2. The fraction of sp³-hybridized carbons (Fsp3) is 0.143. The van der Waals surface area contributed by atoms with Gasteiger partial charge < -0.3 is 14.7 Å². The fourth-order valence-corrected chi connectivity index (χ4v) is 0.834. The zero-order chi connectivity index (χ0) is 10.8. The van der Waals surface area contributed by atoms with Crippen molar-refractivity contribution < 1.29 is 87.0 Å². The van der Waals surface area contributed by atoms with E-state index < -0.39 is 19.1 Å². The van der Waals surface area contributed by atoms with Gasteiger partial charge in [-0.15, -0.1) is 0 Å². The molecule has 0 bridgehead atoms. The summed E-state index contributed by atoms with van der Waals surface area (Å²) in [5.74, 6) is -0.173. The van der Waals surface area contributed by atoms with Crippen LogP contribution in [0.2, 0.25) is 0 Å². The van der Waals surface area contributed by atoms with Crippen molar-refractivity contribution in [3.8, 4) is 5.75 Å². The number of hydrogen-bond acceptors (Lipinski definition) is 3. The largest absolute Gasteiger partial charge is 1.00 e. The molecular weight excluding hydrogens is 246 g/mol. The van der Waals surface area contributed by atoms with Crippen LogP contribution in [0.1, 0.15) is 5.56 Å². The van der Waals surface area contributed by atoms with Gasteiger partial charge in [0.15, 0.2) is 0 Å². The Hall–Kier alpha value is 0.795. The Morgan fingerprint density at radius 3 is 1.75 bits per heavy atom. The predicted octanol–water partition coefficient (Wildman–Crippen LogP) is -6.20. The summed E-state index contributed by atoms with van der Waals surface area (Å²) in [6, 6.07) is 3.31. The molecule has 0 aliphatic carbocycles. The molecule has 0 aromatic heterocycles. The number of hydrogen-bond donors (Lipinski definition) is 0. The van der Waals surface area contributed by atoms with Crippen LogP contribution in [0.5, 0.6) is 5.75 Å². The number of rotatable bonds is 2. The molecule has 1 rings (SSSR count). The molecule has 0 aliphatic rings. The molecule has 1 aromatic carbocycles. The molecule has 0 amide bonds. The minimum Gasteiger partial charge on any atom is -0.860 e. The summed E-state index contributed by atoms with van der Waals surface area (Å²) in [6.07, 6.45) is -4.44. The number of benzene rings is 1. The molecule has 0 atom stereocenters. The van der Waals surface area contributed by atoms with Gasteiger partial charge >= 0.3 is 65.3 Å². The van der Waals surface area contributed by atoms with E-state index in [-0.39, 0.29) is 64.9 Å². The van der Waals surface area contributed by atoms with Crippen molar-refractivity contribution in [3.05, 3.63) is 29.8 Å². The molecule has 0 saturated carbocycles. The topological polar surface area (TPSA) is 55.3 Å². The molecule has 0 aliphatic heterocycles. The minimum absolute atomic E-state index is 0. The Morgan fingerprint density at radius 2 is 1.44 bits per heavy atom. The standard InChI is InChI=1S/C7H4BF3O3.2Na/c9-7(10,11)5-1-3-6(4-2-5)14-8(12)13;;/h1-4H;;/q-2;2*+1. The molecule has 0 fully saturated rings.